The lowest BCUT2D eigenvalue weighted by Crippen LogP contribution is -2.42. The first-order chi connectivity index (χ1) is 18.5. The van der Waals surface area contributed by atoms with Crippen LogP contribution in [-0.4, -0.2) is 58.4 Å². The van der Waals surface area contributed by atoms with Crippen molar-refractivity contribution in [2.75, 3.05) is 6.54 Å². The smallest absolute Gasteiger partial charge is 0.270 e. The van der Waals surface area contributed by atoms with Gasteiger partial charge in [0.05, 0.1) is 18.1 Å². The van der Waals surface area contributed by atoms with E-state index in [1.54, 1.807) is 5.32 Å². The van der Waals surface area contributed by atoms with Crippen LogP contribution in [0.25, 0.3) is 11.0 Å². The van der Waals surface area contributed by atoms with Crippen molar-refractivity contribution in [2.45, 2.75) is 87.5 Å². The fourth-order valence-electron chi connectivity index (χ4n) is 4.83. The zero-order valence-electron chi connectivity index (χ0n) is 21.2. The van der Waals surface area contributed by atoms with Crippen molar-refractivity contribution in [1.82, 2.24) is 20.6 Å². The number of fused-ring (bicyclic) bond motifs is 1. The quantitative estimate of drug-likeness (QED) is 0.315. The summed E-state index contributed by atoms with van der Waals surface area (Å²) in [5, 5.41) is 4.11. The first-order valence-electron chi connectivity index (χ1n) is 12.6. The Balaban J connectivity index is 1.70. The largest absolute Gasteiger partial charge is 0.349 e. The Morgan fingerprint density at radius 1 is 1.10 bits per heavy atom. The molecule has 1 aromatic carbocycles. The van der Waals surface area contributed by atoms with Crippen LogP contribution in [0.5, 0.6) is 0 Å². The highest BCUT2D eigenvalue weighted by Crippen LogP contribution is 2.44. The summed E-state index contributed by atoms with van der Waals surface area (Å²) in [6.07, 6.45) is -8.27. The van der Waals surface area contributed by atoms with Crippen molar-refractivity contribution in [3.63, 3.8) is 0 Å². The Kier molecular flexibility index (Phi) is 8.07. The summed E-state index contributed by atoms with van der Waals surface area (Å²) in [6, 6.07) is 0.758. The molecule has 3 atom stereocenters. The van der Waals surface area contributed by atoms with Gasteiger partial charge in [-0.15, -0.1) is 0 Å². The monoisotopic (exact) mass is 586 g/mol. The molecular formula is C25H27F9N4O2. The van der Waals surface area contributed by atoms with Crippen molar-refractivity contribution in [3.8, 4) is 0 Å². The number of nitrogens with one attached hydrogen (secondary N) is 3. The molecule has 15 heteroatoms. The van der Waals surface area contributed by atoms with E-state index in [4.69, 9.17) is 0 Å². The van der Waals surface area contributed by atoms with Crippen LogP contribution in [0.1, 0.15) is 68.8 Å². The van der Waals surface area contributed by atoms with Crippen molar-refractivity contribution in [3.05, 3.63) is 29.3 Å². The fraction of sp³-hybridized carbons (Fsp3) is 0.640. The lowest BCUT2D eigenvalue weighted by Gasteiger charge is -2.33. The molecule has 3 N–H and O–H groups in total. The molecule has 2 unspecified atom stereocenters. The van der Waals surface area contributed by atoms with Gasteiger partial charge < -0.3 is 15.6 Å². The number of hydrogen-bond acceptors (Lipinski definition) is 3. The molecule has 2 amide bonds. The molecular weight excluding hydrogens is 559 g/mol. The summed E-state index contributed by atoms with van der Waals surface area (Å²) in [4.78, 5) is 31.7. The van der Waals surface area contributed by atoms with Crippen LogP contribution in [0.4, 0.5) is 39.5 Å². The summed E-state index contributed by atoms with van der Waals surface area (Å²) in [7, 11) is 0. The average molecular weight is 586 g/mol. The molecule has 2 aliphatic carbocycles. The Bertz CT molecular complexity index is 1250. The van der Waals surface area contributed by atoms with Crippen LogP contribution in [-0.2, 0) is 9.59 Å². The number of aromatic nitrogens is 2. The normalized spacial score (nSPS) is 21.2. The molecule has 2 fully saturated rings. The molecule has 0 radical (unpaired) electrons. The van der Waals surface area contributed by atoms with Gasteiger partial charge in [0.25, 0.3) is 18.3 Å². The van der Waals surface area contributed by atoms with Crippen molar-refractivity contribution in [2.24, 2.45) is 5.92 Å². The zero-order chi connectivity index (χ0) is 29.6. The lowest BCUT2D eigenvalue weighted by atomic mass is 9.81. The van der Waals surface area contributed by atoms with Crippen molar-refractivity contribution >= 4 is 22.8 Å². The van der Waals surface area contributed by atoms with Crippen molar-refractivity contribution < 1.29 is 49.1 Å². The van der Waals surface area contributed by atoms with Gasteiger partial charge in [-0.1, -0.05) is 6.07 Å². The highest BCUT2D eigenvalue weighted by molar-refractivity contribution is 5.89. The topological polar surface area (TPSA) is 86.9 Å². The van der Waals surface area contributed by atoms with Gasteiger partial charge in [-0.05, 0) is 37.7 Å². The Labute approximate surface area is 222 Å². The van der Waals surface area contributed by atoms with Gasteiger partial charge in [-0.3, -0.25) is 9.59 Å². The number of amides is 2. The van der Waals surface area contributed by atoms with Crippen LogP contribution in [0.2, 0.25) is 0 Å². The second-order valence-corrected chi connectivity index (χ2v) is 10.6. The van der Waals surface area contributed by atoms with E-state index >= 15 is 4.39 Å². The van der Waals surface area contributed by atoms with Crippen LogP contribution < -0.4 is 10.6 Å². The minimum Gasteiger partial charge on any atom is -0.349 e. The number of imidazole rings is 1. The molecule has 0 aliphatic heterocycles. The number of carbonyl (C=O) groups excluding carboxylic acids is 2. The second-order valence-electron chi connectivity index (χ2n) is 10.6. The van der Waals surface area contributed by atoms with Gasteiger partial charge in [-0.2, -0.15) is 0 Å². The van der Waals surface area contributed by atoms with E-state index < -0.39 is 96.1 Å². The van der Waals surface area contributed by atoms with E-state index in [0.29, 0.717) is 6.92 Å². The summed E-state index contributed by atoms with van der Waals surface area (Å²) in [5.74, 6) is -13.7. The van der Waals surface area contributed by atoms with E-state index in [-0.39, 0.29) is 37.0 Å². The maximum Gasteiger partial charge on any atom is 0.270 e. The third-order valence-corrected chi connectivity index (χ3v) is 7.30. The number of H-pyrrole nitrogens is 1. The van der Waals surface area contributed by atoms with Gasteiger partial charge in [0.1, 0.15) is 17.3 Å². The average Bonchev–Trinajstić information content (AvgIpc) is 3.47. The highest BCUT2D eigenvalue weighted by Gasteiger charge is 2.52. The molecule has 1 aromatic heterocycles. The van der Waals surface area contributed by atoms with E-state index in [2.05, 4.69) is 15.3 Å². The predicted molar refractivity (Wildman–Crippen MR) is 124 cm³/mol. The van der Waals surface area contributed by atoms with E-state index in [1.165, 1.54) is 0 Å². The van der Waals surface area contributed by atoms with E-state index in [9.17, 15) is 44.7 Å². The Hall–Kier alpha value is -3.00. The molecule has 0 saturated heterocycles. The van der Waals surface area contributed by atoms with Crippen LogP contribution in [0, 0.1) is 11.7 Å². The number of rotatable bonds is 10. The number of nitrogens with zero attached hydrogens (tertiary/aromatic N) is 1. The third-order valence-electron chi connectivity index (χ3n) is 7.30. The highest BCUT2D eigenvalue weighted by atomic mass is 19.3. The summed E-state index contributed by atoms with van der Waals surface area (Å²) in [6.45, 7) is -0.885. The molecule has 0 bridgehead atoms. The molecule has 2 aromatic rings. The maximum atomic E-state index is 15.6. The molecule has 0 spiro atoms. The molecule has 222 valence electrons. The van der Waals surface area contributed by atoms with Gasteiger partial charge in [0, 0.05) is 25.3 Å². The number of alkyl halides is 8. The number of halogens is 9. The standard InChI is InChI=1S/C25H27F9N4O2/c1-23(30,31)10-35-21(39)14(16(27)19(28)29)12-2-3-13-18(15(12)26)37-20(36-13)17(38-22(40)24(32)8-9-24)11-4-6-25(33,34)7-5-11/h2-3,11,14,16-17,19H,4-10H2,1H3,(H,35,39)(H,36,37)(H,38,40)/t14?,16?,17-/m0/s1. The van der Waals surface area contributed by atoms with Gasteiger partial charge >= 0.3 is 0 Å². The van der Waals surface area contributed by atoms with E-state index in [0.717, 1.165) is 12.1 Å². The lowest BCUT2D eigenvalue weighted by molar-refractivity contribution is -0.129. The molecule has 4 rings (SSSR count). The first-order valence-corrected chi connectivity index (χ1v) is 12.6. The molecule has 2 saturated carbocycles. The molecule has 2 aliphatic rings. The molecule has 1 heterocycles. The van der Waals surface area contributed by atoms with Crippen LogP contribution in [0.3, 0.4) is 0 Å². The first kappa shape index (κ1) is 30.0. The minimum atomic E-state index is -3.76. The van der Waals surface area contributed by atoms with Crippen LogP contribution >= 0.6 is 0 Å². The SMILES string of the molecule is CC(F)(F)CNC(=O)C(c1ccc2[nH]c([C@@H](NC(=O)C3(F)CC3)C3CCC(F)(F)CC3)nc2c1F)C(F)C(F)F. The predicted octanol–water partition coefficient (Wildman–Crippen LogP) is 5.65. The third kappa shape index (κ3) is 6.48. The van der Waals surface area contributed by atoms with Crippen molar-refractivity contribution in [1.29, 1.82) is 0 Å². The number of carbonyl (C=O) groups is 2. The summed E-state index contributed by atoms with van der Waals surface area (Å²) < 4.78 is 125. The fourth-order valence-corrected chi connectivity index (χ4v) is 4.83. The van der Waals surface area contributed by atoms with Crippen LogP contribution in [0.15, 0.2) is 12.1 Å². The molecule has 6 nitrogen and oxygen atoms in total. The summed E-state index contributed by atoms with van der Waals surface area (Å²) >= 11 is 0. The molecule has 40 heavy (non-hydrogen) atoms. The number of benzene rings is 1. The Morgan fingerprint density at radius 3 is 2.27 bits per heavy atom. The second kappa shape index (κ2) is 10.8. The summed E-state index contributed by atoms with van der Waals surface area (Å²) in [5.41, 5.74) is -3.64. The van der Waals surface area contributed by atoms with Gasteiger partial charge in [-0.25, -0.2) is 44.5 Å². The van der Waals surface area contributed by atoms with Gasteiger partial charge in [0.15, 0.2) is 17.7 Å². The van der Waals surface area contributed by atoms with Gasteiger partial charge in [0.2, 0.25) is 11.8 Å². The number of aromatic amines is 1. The maximum absolute atomic E-state index is 15.6. The minimum absolute atomic E-state index is 0.0334. The van der Waals surface area contributed by atoms with E-state index in [1.807, 2.05) is 0 Å². The Morgan fingerprint density at radius 2 is 1.73 bits per heavy atom. The zero-order valence-corrected chi connectivity index (χ0v) is 21.2. The number of hydrogen-bond donors (Lipinski definition) is 3.